The molecule has 0 atom stereocenters. The fourth-order valence-corrected chi connectivity index (χ4v) is 3.91. The van der Waals surface area contributed by atoms with Gasteiger partial charge in [-0.05, 0) is 62.7 Å². The molecule has 0 unspecified atom stereocenters. The number of amides is 1. The molecule has 1 saturated heterocycles. The van der Waals surface area contributed by atoms with Crippen LogP contribution in [0.25, 0.3) is 5.65 Å². The number of nitrogens with one attached hydrogen (secondary N) is 1. The maximum Gasteiger partial charge on any atom is 0.254 e. The maximum atomic E-state index is 13.2. The number of imidazole rings is 1. The highest BCUT2D eigenvalue weighted by Crippen LogP contribution is 2.20. The Morgan fingerprint density at radius 3 is 2.74 bits per heavy atom. The summed E-state index contributed by atoms with van der Waals surface area (Å²) in [5.74, 6) is 0.784. The van der Waals surface area contributed by atoms with Gasteiger partial charge in [0, 0.05) is 30.5 Å². The Kier molecular flexibility index (Phi) is 9.62. The number of ether oxygens (including phenoxy) is 1. The molecule has 1 amide bonds. The standard InChI is InChI=1S/C23H28N4O2.2ClH/c1-2-13-27(20-9-11-24-12-10-20)23(28)18-6-5-7-21(15-18)29-17-19-16-26-14-4-3-8-22(26)25-19;;/h3-8,14-16,20,24H,2,9-13,17H2,1H3;2*1H. The molecule has 0 aliphatic carbocycles. The molecule has 2 aromatic heterocycles. The maximum absolute atomic E-state index is 13.2. The van der Waals surface area contributed by atoms with Crippen LogP contribution in [0.5, 0.6) is 5.75 Å². The molecular weight excluding hydrogens is 435 g/mol. The first-order chi connectivity index (χ1) is 14.2. The van der Waals surface area contributed by atoms with E-state index < -0.39 is 0 Å². The van der Waals surface area contributed by atoms with E-state index in [1.54, 1.807) is 0 Å². The Labute approximate surface area is 195 Å². The van der Waals surface area contributed by atoms with Gasteiger partial charge < -0.3 is 19.4 Å². The molecular formula is C23H30Cl2N4O2. The van der Waals surface area contributed by atoms with Crippen molar-refractivity contribution in [3.05, 3.63) is 66.1 Å². The van der Waals surface area contributed by atoms with Crippen molar-refractivity contribution < 1.29 is 9.53 Å². The summed E-state index contributed by atoms with van der Waals surface area (Å²) in [7, 11) is 0. The van der Waals surface area contributed by atoms with Crippen molar-refractivity contribution in [1.29, 1.82) is 0 Å². The number of piperidine rings is 1. The number of halogens is 2. The van der Waals surface area contributed by atoms with Gasteiger partial charge in [0.25, 0.3) is 5.91 Å². The minimum Gasteiger partial charge on any atom is -0.487 e. The number of hydrogen-bond donors (Lipinski definition) is 1. The van der Waals surface area contributed by atoms with Crippen LogP contribution in [0.15, 0.2) is 54.9 Å². The molecule has 3 aromatic rings. The van der Waals surface area contributed by atoms with Gasteiger partial charge in [-0.25, -0.2) is 4.98 Å². The van der Waals surface area contributed by atoms with Gasteiger partial charge in [0.15, 0.2) is 0 Å². The summed E-state index contributed by atoms with van der Waals surface area (Å²) in [4.78, 5) is 19.8. The molecule has 0 spiro atoms. The first kappa shape index (κ1) is 25.0. The molecule has 168 valence electrons. The molecule has 1 aliphatic rings. The summed E-state index contributed by atoms with van der Waals surface area (Å²) >= 11 is 0. The number of benzene rings is 1. The third kappa shape index (κ3) is 6.12. The minimum atomic E-state index is 0. The minimum absolute atomic E-state index is 0. The van der Waals surface area contributed by atoms with E-state index in [9.17, 15) is 4.79 Å². The summed E-state index contributed by atoms with van der Waals surface area (Å²) in [6.07, 6.45) is 6.91. The van der Waals surface area contributed by atoms with E-state index in [1.807, 2.05) is 64.2 Å². The van der Waals surface area contributed by atoms with Crippen molar-refractivity contribution in [3.8, 4) is 5.75 Å². The van der Waals surface area contributed by atoms with Crippen LogP contribution in [0.1, 0.15) is 42.2 Å². The fraction of sp³-hybridized carbons (Fsp3) is 0.391. The van der Waals surface area contributed by atoms with E-state index in [0.29, 0.717) is 24.0 Å². The number of aromatic nitrogens is 2. The van der Waals surface area contributed by atoms with E-state index in [0.717, 1.165) is 50.2 Å². The predicted molar refractivity (Wildman–Crippen MR) is 128 cm³/mol. The Morgan fingerprint density at radius 2 is 2.00 bits per heavy atom. The van der Waals surface area contributed by atoms with E-state index in [1.165, 1.54) is 0 Å². The second-order valence-corrected chi connectivity index (χ2v) is 7.49. The highest BCUT2D eigenvalue weighted by Gasteiger charge is 2.25. The number of hydrogen-bond acceptors (Lipinski definition) is 4. The lowest BCUT2D eigenvalue weighted by Crippen LogP contribution is -2.46. The zero-order valence-electron chi connectivity index (χ0n) is 17.7. The summed E-state index contributed by atoms with van der Waals surface area (Å²) in [5, 5.41) is 3.38. The molecule has 8 heteroatoms. The third-order valence-electron chi connectivity index (χ3n) is 5.36. The number of pyridine rings is 1. The van der Waals surface area contributed by atoms with Gasteiger partial charge in [-0.1, -0.05) is 19.1 Å². The molecule has 4 rings (SSSR count). The van der Waals surface area contributed by atoms with Gasteiger partial charge in [-0.3, -0.25) is 4.79 Å². The normalized spacial score (nSPS) is 13.8. The van der Waals surface area contributed by atoms with Gasteiger partial charge >= 0.3 is 0 Å². The Bertz CT molecular complexity index is 940. The fourth-order valence-electron chi connectivity index (χ4n) is 3.91. The quantitative estimate of drug-likeness (QED) is 0.564. The van der Waals surface area contributed by atoms with Crippen LogP contribution in [0.2, 0.25) is 0 Å². The highest BCUT2D eigenvalue weighted by atomic mass is 35.5. The highest BCUT2D eigenvalue weighted by molar-refractivity contribution is 5.94. The van der Waals surface area contributed by atoms with Gasteiger partial charge in [-0.15, -0.1) is 24.8 Å². The molecule has 0 bridgehead atoms. The number of fused-ring (bicyclic) bond motifs is 1. The summed E-state index contributed by atoms with van der Waals surface area (Å²) in [6.45, 7) is 5.22. The molecule has 3 heterocycles. The Hall–Kier alpha value is -2.28. The second kappa shape index (κ2) is 11.9. The van der Waals surface area contributed by atoms with Gasteiger partial charge in [-0.2, -0.15) is 0 Å². The van der Waals surface area contributed by atoms with Crippen molar-refractivity contribution in [1.82, 2.24) is 19.6 Å². The van der Waals surface area contributed by atoms with E-state index in [4.69, 9.17) is 4.74 Å². The van der Waals surface area contributed by atoms with Crippen LogP contribution >= 0.6 is 24.8 Å². The molecule has 1 aliphatic heterocycles. The van der Waals surface area contributed by atoms with Crippen molar-refractivity contribution >= 4 is 36.4 Å². The van der Waals surface area contributed by atoms with Crippen LogP contribution < -0.4 is 10.1 Å². The molecule has 31 heavy (non-hydrogen) atoms. The number of rotatable bonds is 7. The predicted octanol–water partition coefficient (Wildman–Crippen LogP) is 4.36. The molecule has 6 nitrogen and oxygen atoms in total. The monoisotopic (exact) mass is 464 g/mol. The van der Waals surface area contributed by atoms with E-state index >= 15 is 0 Å². The van der Waals surface area contributed by atoms with Crippen molar-refractivity contribution in [2.75, 3.05) is 19.6 Å². The summed E-state index contributed by atoms with van der Waals surface area (Å²) in [6, 6.07) is 13.7. The zero-order valence-corrected chi connectivity index (χ0v) is 19.3. The summed E-state index contributed by atoms with van der Waals surface area (Å²) < 4.78 is 7.91. The lowest BCUT2D eigenvalue weighted by Gasteiger charge is -2.34. The first-order valence-electron chi connectivity index (χ1n) is 10.4. The smallest absolute Gasteiger partial charge is 0.254 e. The average molecular weight is 465 g/mol. The van der Waals surface area contributed by atoms with Crippen LogP contribution in [0.4, 0.5) is 0 Å². The molecule has 0 radical (unpaired) electrons. The largest absolute Gasteiger partial charge is 0.487 e. The van der Waals surface area contributed by atoms with Crippen molar-refractivity contribution in [2.24, 2.45) is 0 Å². The van der Waals surface area contributed by atoms with E-state index in [-0.39, 0.29) is 30.7 Å². The van der Waals surface area contributed by atoms with Crippen LogP contribution in [0, 0.1) is 0 Å². The SMILES string of the molecule is CCCN(C(=O)c1cccc(OCc2cn3ccccc3n2)c1)C1CCNCC1.Cl.Cl. The van der Waals surface area contributed by atoms with Crippen molar-refractivity contribution in [3.63, 3.8) is 0 Å². The molecule has 1 N–H and O–H groups in total. The number of carbonyl (C=O) groups excluding carboxylic acids is 1. The van der Waals surface area contributed by atoms with Gasteiger partial charge in [0.1, 0.15) is 18.0 Å². The third-order valence-corrected chi connectivity index (χ3v) is 5.36. The lowest BCUT2D eigenvalue weighted by atomic mass is 10.0. The van der Waals surface area contributed by atoms with Crippen LogP contribution in [-0.2, 0) is 6.61 Å². The van der Waals surface area contributed by atoms with Crippen LogP contribution in [-0.4, -0.2) is 45.9 Å². The lowest BCUT2D eigenvalue weighted by molar-refractivity contribution is 0.0642. The summed E-state index contributed by atoms with van der Waals surface area (Å²) in [5.41, 5.74) is 2.44. The van der Waals surface area contributed by atoms with Crippen molar-refractivity contribution in [2.45, 2.75) is 38.8 Å². The zero-order chi connectivity index (χ0) is 20.1. The first-order valence-corrected chi connectivity index (χ1v) is 10.4. The average Bonchev–Trinajstić information content (AvgIpc) is 3.19. The number of nitrogens with zero attached hydrogens (tertiary/aromatic N) is 3. The van der Waals surface area contributed by atoms with Gasteiger partial charge in [0.2, 0.25) is 0 Å². The Morgan fingerprint density at radius 1 is 1.19 bits per heavy atom. The molecule has 0 saturated carbocycles. The Balaban J connectivity index is 0.00000171. The topological polar surface area (TPSA) is 58.9 Å². The van der Waals surface area contributed by atoms with E-state index in [2.05, 4.69) is 17.2 Å². The molecule has 1 aromatic carbocycles. The number of carbonyl (C=O) groups is 1. The van der Waals surface area contributed by atoms with Crippen LogP contribution in [0.3, 0.4) is 0 Å². The molecule has 1 fully saturated rings. The van der Waals surface area contributed by atoms with Gasteiger partial charge in [0.05, 0.1) is 5.69 Å². The second-order valence-electron chi connectivity index (χ2n) is 7.49.